The summed E-state index contributed by atoms with van der Waals surface area (Å²) in [6.07, 6.45) is 2.42. The molecule has 1 amide bonds. The maximum atomic E-state index is 12.1. The van der Waals surface area contributed by atoms with E-state index in [4.69, 9.17) is 5.73 Å². The molecule has 0 saturated heterocycles. The van der Waals surface area contributed by atoms with Crippen molar-refractivity contribution in [1.29, 1.82) is 0 Å². The van der Waals surface area contributed by atoms with Crippen LogP contribution in [0.5, 0.6) is 0 Å². The van der Waals surface area contributed by atoms with E-state index < -0.39 is 9.84 Å². The van der Waals surface area contributed by atoms with Crippen molar-refractivity contribution in [3.05, 3.63) is 24.3 Å². The van der Waals surface area contributed by atoms with Gasteiger partial charge in [0.15, 0.2) is 9.84 Å². The van der Waals surface area contributed by atoms with Crippen molar-refractivity contribution < 1.29 is 13.2 Å². The lowest BCUT2D eigenvalue weighted by Gasteiger charge is -2.12. The van der Waals surface area contributed by atoms with E-state index >= 15 is 0 Å². The molecule has 3 N–H and O–H groups in total. The predicted molar refractivity (Wildman–Crippen MR) is 80.3 cm³/mol. The van der Waals surface area contributed by atoms with Gasteiger partial charge in [0.25, 0.3) is 0 Å². The average molecular weight is 298 g/mol. The topological polar surface area (TPSA) is 89.3 Å². The molecule has 0 bridgehead atoms. The fraction of sp³-hybridized carbons (Fsp3) is 0.500. The lowest BCUT2D eigenvalue weighted by Crippen LogP contribution is -2.12. The smallest absolute Gasteiger partial charge is 0.217 e. The molecule has 1 aromatic rings. The Morgan fingerprint density at radius 2 is 1.95 bits per heavy atom. The maximum Gasteiger partial charge on any atom is 0.217 e. The van der Waals surface area contributed by atoms with Crippen molar-refractivity contribution >= 4 is 21.4 Å². The highest BCUT2D eigenvalue weighted by molar-refractivity contribution is 7.91. The number of nitrogens with two attached hydrogens (primary N) is 1. The van der Waals surface area contributed by atoms with E-state index in [-0.39, 0.29) is 11.7 Å². The van der Waals surface area contributed by atoms with E-state index in [1.54, 1.807) is 24.3 Å². The number of amides is 1. The number of rotatable bonds is 9. The van der Waals surface area contributed by atoms with E-state index in [0.29, 0.717) is 36.4 Å². The lowest BCUT2D eigenvalue weighted by molar-refractivity contribution is -0.118. The molecule has 1 rings (SSSR count). The summed E-state index contributed by atoms with van der Waals surface area (Å²) in [6.45, 7) is 2.46. The monoisotopic (exact) mass is 298 g/mol. The normalized spacial score (nSPS) is 11.2. The molecule has 0 aromatic heterocycles. The molecule has 0 aliphatic heterocycles. The highest BCUT2D eigenvalue weighted by atomic mass is 32.2. The van der Waals surface area contributed by atoms with Crippen molar-refractivity contribution in [2.45, 2.75) is 37.5 Å². The van der Waals surface area contributed by atoms with Crippen LogP contribution in [0.15, 0.2) is 29.2 Å². The first-order valence-electron chi connectivity index (χ1n) is 6.81. The van der Waals surface area contributed by atoms with Gasteiger partial charge in [0.05, 0.1) is 16.3 Å². The van der Waals surface area contributed by atoms with Crippen LogP contribution in [-0.2, 0) is 14.6 Å². The second-order valence-corrected chi connectivity index (χ2v) is 6.74. The van der Waals surface area contributed by atoms with Crippen LogP contribution in [0.3, 0.4) is 0 Å². The first kappa shape index (κ1) is 16.5. The summed E-state index contributed by atoms with van der Waals surface area (Å²) in [5, 5.41) is 3.12. The zero-order valence-corrected chi connectivity index (χ0v) is 12.6. The minimum Gasteiger partial charge on any atom is -0.384 e. The molecular weight excluding hydrogens is 276 g/mol. The van der Waals surface area contributed by atoms with Gasteiger partial charge in [-0.15, -0.1) is 0 Å². The minimum atomic E-state index is -3.23. The minimum absolute atomic E-state index is 0.146. The molecule has 20 heavy (non-hydrogen) atoms. The number of benzene rings is 1. The fourth-order valence-corrected chi connectivity index (χ4v) is 3.43. The Morgan fingerprint density at radius 3 is 2.60 bits per heavy atom. The van der Waals surface area contributed by atoms with Crippen LogP contribution >= 0.6 is 0 Å². The van der Waals surface area contributed by atoms with E-state index in [0.717, 1.165) is 6.42 Å². The van der Waals surface area contributed by atoms with Crippen LogP contribution in [0.25, 0.3) is 0 Å². The van der Waals surface area contributed by atoms with Gasteiger partial charge in [-0.05, 0) is 31.4 Å². The standard InChI is InChI=1S/C14H22N2O3S/c1-2-11-20(18,19)13-8-4-3-7-12(13)16-10-6-5-9-14(15)17/h3-4,7-8,16H,2,5-6,9-11H2,1H3,(H2,15,17). The molecule has 0 aliphatic carbocycles. The van der Waals surface area contributed by atoms with E-state index in [1.165, 1.54) is 0 Å². The van der Waals surface area contributed by atoms with Gasteiger partial charge in [-0.3, -0.25) is 4.79 Å². The molecule has 0 radical (unpaired) electrons. The van der Waals surface area contributed by atoms with Gasteiger partial charge in [-0.1, -0.05) is 19.1 Å². The number of nitrogens with one attached hydrogen (secondary N) is 1. The highest BCUT2D eigenvalue weighted by Gasteiger charge is 2.16. The Morgan fingerprint density at radius 1 is 1.25 bits per heavy atom. The molecule has 0 heterocycles. The molecule has 0 atom stereocenters. The van der Waals surface area contributed by atoms with Crippen LogP contribution in [-0.4, -0.2) is 26.6 Å². The maximum absolute atomic E-state index is 12.1. The zero-order valence-electron chi connectivity index (χ0n) is 11.8. The van der Waals surface area contributed by atoms with Crippen LogP contribution in [0.2, 0.25) is 0 Å². The Hall–Kier alpha value is -1.56. The number of anilines is 1. The summed E-state index contributed by atoms with van der Waals surface area (Å²) in [5.41, 5.74) is 5.69. The number of hydrogen-bond acceptors (Lipinski definition) is 4. The van der Waals surface area contributed by atoms with Crippen molar-refractivity contribution in [2.24, 2.45) is 5.73 Å². The molecule has 0 aliphatic rings. The van der Waals surface area contributed by atoms with E-state index in [1.807, 2.05) is 6.92 Å². The molecule has 6 heteroatoms. The quantitative estimate of drug-likeness (QED) is 0.682. The van der Waals surface area contributed by atoms with Crippen molar-refractivity contribution in [3.63, 3.8) is 0 Å². The summed E-state index contributed by atoms with van der Waals surface area (Å²) < 4.78 is 24.3. The average Bonchev–Trinajstić information content (AvgIpc) is 2.38. The summed E-state index contributed by atoms with van der Waals surface area (Å²) in [4.78, 5) is 11.0. The van der Waals surface area contributed by atoms with Gasteiger partial charge in [0, 0.05) is 13.0 Å². The van der Waals surface area contributed by atoms with Gasteiger partial charge in [0.1, 0.15) is 0 Å². The molecular formula is C14H22N2O3S. The van der Waals surface area contributed by atoms with Gasteiger partial charge in [-0.25, -0.2) is 8.42 Å². The Labute approximate surface area is 120 Å². The first-order valence-corrected chi connectivity index (χ1v) is 8.46. The second kappa shape index (κ2) is 7.89. The SMILES string of the molecule is CCCS(=O)(=O)c1ccccc1NCCCCC(N)=O. The number of primary amides is 1. The van der Waals surface area contributed by atoms with Crippen molar-refractivity contribution in [1.82, 2.24) is 0 Å². The first-order chi connectivity index (χ1) is 9.47. The Balaban J connectivity index is 2.65. The number of carbonyl (C=O) groups is 1. The van der Waals surface area contributed by atoms with Crippen LogP contribution in [0.1, 0.15) is 32.6 Å². The third kappa shape index (κ3) is 5.21. The molecule has 112 valence electrons. The molecule has 5 nitrogen and oxygen atoms in total. The van der Waals surface area contributed by atoms with E-state index in [2.05, 4.69) is 5.32 Å². The lowest BCUT2D eigenvalue weighted by atomic mass is 10.2. The van der Waals surface area contributed by atoms with Crippen LogP contribution in [0.4, 0.5) is 5.69 Å². The molecule has 0 unspecified atom stereocenters. The number of unbranched alkanes of at least 4 members (excludes halogenated alkanes) is 1. The highest BCUT2D eigenvalue weighted by Crippen LogP contribution is 2.22. The largest absolute Gasteiger partial charge is 0.384 e. The molecule has 1 aromatic carbocycles. The summed E-state index contributed by atoms with van der Waals surface area (Å²) >= 11 is 0. The second-order valence-electron chi connectivity index (χ2n) is 4.67. The number of sulfone groups is 1. The van der Waals surface area contributed by atoms with Gasteiger partial charge < -0.3 is 11.1 Å². The summed E-state index contributed by atoms with van der Waals surface area (Å²) in [6, 6.07) is 6.91. The van der Waals surface area contributed by atoms with Crippen molar-refractivity contribution in [2.75, 3.05) is 17.6 Å². The Bertz CT molecular complexity index is 541. The summed E-state index contributed by atoms with van der Waals surface area (Å²) in [7, 11) is -3.23. The number of carbonyl (C=O) groups excluding carboxylic acids is 1. The number of para-hydroxylation sites is 1. The van der Waals surface area contributed by atoms with Gasteiger partial charge in [-0.2, -0.15) is 0 Å². The molecule has 0 saturated carbocycles. The van der Waals surface area contributed by atoms with Gasteiger partial charge in [0.2, 0.25) is 5.91 Å². The fourth-order valence-electron chi connectivity index (χ4n) is 1.91. The van der Waals surface area contributed by atoms with E-state index in [9.17, 15) is 13.2 Å². The predicted octanol–water partition coefficient (Wildman–Crippen LogP) is 1.94. The zero-order chi connectivity index (χ0) is 15.0. The third-order valence-corrected chi connectivity index (χ3v) is 4.83. The van der Waals surface area contributed by atoms with Crippen LogP contribution < -0.4 is 11.1 Å². The van der Waals surface area contributed by atoms with Crippen molar-refractivity contribution in [3.8, 4) is 0 Å². The summed E-state index contributed by atoms with van der Waals surface area (Å²) in [5.74, 6) is -0.163. The van der Waals surface area contributed by atoms with Gasteiger partial charge >= 0.3 is 0 Å². The molecule has 0 fully saturated rings. The van der Waals surface area contributed by atoms with Crippen LogP contribution in [0, 0.1) is 0 Å². The number of hydrogen-bond donors (Lipinski definition) is 2. The molecule has 0 spiro atoms. The Kier molecular flexibility index (Phi) is 6.51. The third-order valence-electron chi connectivity index (χ3n) is 2.86.